The maximum absolute atomic E-state index is 13.9. The van der Waals surface area contributed by atoms with Crippen molar-refractivity contribution in [1.82, 2.24) is 15.3 Å². The van der Waals surface area contributed by atoms with E-state index in [9.17, 15) is 19.1 Å². The van der Waals surface area contributed by atoms with Crippen LogP contribution < -0.4 is 5.32 Å². The van der Waals surface area contributed by atoms with E-state index < -0.39 is 24.2 Å². The molecule has 1 amide bonds. The van der Waals surface area contributed by atoms with E-state index in [1.54, 1.807) is 18.2 Å². The van der Waals surface area contributed by atoms with Crippen LogP contribution in [0, 0.1) is 5.82 Å². The maximum Gasteiger partial charge on any atom is 0.322 e. The number of aromatic hydroxyl groups is 1. The Kier molecular flexibility index (Phi) is 4.25. The molecule has 3 N–H and O–H groups in total. The van der Waals surface area contributed by atoms with E-state index >= 15 is 0 Å². The molecule has 0 bridgehead atoms. The number of aliphatic carboxylic acids is 1. The molecule has 0 aliphatic rings. The fraction of sp³-hybridized carbons (Fsp3) is 0.0588. The predicted molar refractivity (Wildman–Crippen MR) is 86.6 cm³/mol. The summed E-state index contributed by atoms with van der Waals surface area (Å²) in [6.45, 7) is -0.602. The molecule has 8 heteroatoms. The Labute approximate surface area is 140 Å². The highest BCUT2D eigenvalue weighted by molar-refractivity contribution is 6.08. The number of halogens is 1. The molecule has 0 radical (unpaired) electrons. The van der Waals surface area contributed by atoms with Gasteiger partial charge in [0, 0.05) is 5.56 Å². The first kappa shape index (κ1) is 16.3. The lowest BCUT2D eigenvalue weighted by Crippen LogP contribution is -2.29. The summed E-state index contributed by atoms with van der Waals surface area (Å²) in [5.74, 6) is -2.84. The molecule has 0 saturated heterocycles. The number of carboxylic acid groups (broad SMARTS) is 1. The number of aromatic nitrogens is 2. The van der Waals surface area contributed by atoms with Gasteiger partial charge in [-0.2, -0.15) is 0 Å². The SMILES string of the molecule is O=C(O)CNC(=O)c1c(O)ccc2nc(-c3ccccc3F)cnc12. The minimum Gasteiger partial charge on any atom is -0.507 e. The van der Waals surface area contributed by atoms with Gasteiger partial charge in [0.2, 0.25) is 0 Å². The number of carboxylic acids is 1. The highest BCUT2D eigenvalue weighted by Gasteiger charge is 2.18. The monoisotopic (exact) mass is 341 g/mol. The Hall–Kier alpha value is -3.55. The summed E-state index contributed by atoms with van der Waals surface area (Å²) in [6, 6.07) is 8.74. The van der Waals surface area contributed by atoms with Gasteiger partial charge < -0.3 is 15.5 Å². The van der Waals surface area contributed by atoms with Crippen LogP contribution in [0.3, 0.4) is 0 Å². The fourth-order valence-corrected chi connectivity index (χ4v) is 2.34. The first-order chi connectivity index (χ1) is 12.0. The van der Waals surface area contributed by atoms with Gasteiger partial charge in [-0.1, -0.05) is 12.1 Å². The lowest BCUT2D eigenvalue weighted by molar-refractivity contribution is -0.135. The van der Waals surface area contributed by atoms with Gasteiger partial charge in [-0.05, 0) is 24.3 Å². The van der Waals surface area contributed by atoms with E-state index in [1.165, 1.54) is 24.4 Å². The number of carbonyl (C=O) groups excluding carboxylic acids is 1. The smallest absolute Gasteiger partial charge is 0.322 e. The average Bonchev–Trinajstić information content (AvgIpc) is 2.59. The topological polar surface area (TPSA) is 112 Å². The summed E-state index contributed by atoms with van der Waals surface area (Å²) in [5, 5.41) is 20.7. The molecule has 7 nitrogen and oxygen atoms in total. The van der Waals surface area contributed by atoms with Gasteiger partial charge in [-0.3, -0.25) is 14.6 Å². The van der Waals surface area contributed by atoms with Crippen molar-refractivity contribution in [3.63, 3.8) is 0 Å². The molecule has 25 heavy (non-hydrogen) atoms. The van der Waals surface area contributed by atoms with Gasteiger partial charge in [0.1, 0.15) is 29.2 Å². The second-order valence-electron chi connectivity index (χ2n) is 5.14. The molecule has 0 saturated carbocycles. The minimum absolute atomic E-state index is 0.0861. The molecule has 3 aromatic rings. The lowest BCUT2D eigenvalue weighted by atomic mass is 10.1. The zero-order valence-electron chi connectivity index (χ0n) is 12.7. The van der Waals surface area contributed by atoms with Crippen molar-refractivity contribution in [3.8, 4) is 17.0 Å². The Morgan fingerprint density at radius 3 is 2.64 bits per heavy atom. The molecule has 0 fully saturated rings. The number of benzene rings is 2. The van der Waals surface area contributed by atoms with E-state index in [0.29, 0.717) is 0 Å². The summed E-state index contributed by atoms with van der Waals surface area (Å²) in [5.41, 5.74) is 0.684. The third-order valence-corrected chi connectivity index (χ3v) is 3.47. The Morgan fingerprint density at radius 2 is 1.92 bits per heavy atom. The molecule has 3 rings (SSSR count). The van der Waals surface area contributed by atoms with E-state index in [-0.39, 0.29) is 33.6 Å². The zero-order chi connectivity index (χ0) is 18.0. The molecule has 0 atom stereocenters. The Balaban J connectivity index is 2.08. The van der Waals surface area contributed by atoms with E-state index in [0.717, 1.165) is 0 Å². The number of phenolic OH excluding ortho intramolecular Hbond substituents is 1. The van der Waals surface area contributed by atoms with Crippen molar-refractivity contribution in [1.29, 1.82) is 0 Å². The zero-order valence-corrected chi connectivity index (χ0v) is 12.7. The van der Waals surface area contributed by atoms with Crippen molar-refractivity contribution in [2.24, 2.45) is 0 Å². The summed E-state index contributed by atoms with van der Waals surface area (Å²) >= 11 is 0. The Morgan fingerprint density at radius 1 is 1.16 bits per heavy atom. The van der Waals surface area contributed by atoms with Crippen LogP contribution in [-0.4, -0.2) is 38.6 Å². The van der Waals surface area contributed by atoms with Gasteiger partial charge in [0.05, 0.1) is 17.4 Å². The normalized spacial score (nSPS) is 10.6. The number of nitrogens with one attached hydrogen (secondary N) is 1. The molecular formula is C17H12FN3O4. The van der Waals surface area contributed by atoms with Crippen LogP contribution in [0.1, 0.15) is 10.4 Å². The van der Waals surface area contributed by atoms with Gasteiger partial charge >= 0.3 is 5.97 Å². The van der Waals surface area contributed by atoms with Crippen molar-refractivity contribution in [2.75, 3.05) is 6.54 Å². The van der Waals surface area contributed by atoms with Crippen LogP contribution in [0.4, 0.5) is 4.39 Å². The molecular weight excluding hydrogens is 329 g/mol. The quantitative estimate of drug-likeness (QED) is 0.669. The van der Waals surface area contributed by atoms with E-state index in [2.05, 4.69) is 15.3 Å². The molecule has 0 aliphatic carbocycles. The van der Waals surface area contributed by atoms with Gasteiger partial charge in [0.25, 0.3) is 5.91 Å². The minimum atomic E-state index is -1.22. The highest BCUT2D eigenvalue weighted by Crippen LogP contribution is 2.27. The second-order valence-corrected chi connectivity index (χ2v) is 5.14. The molecule has 0 unspecified atom stereocenters. The second kappa shape index (κ2) is 6.52. The molecule has 2 aromatic carbocycles. The van der Waals surface area contributed by atoms with E-state index in [4.69, 9.17) is 5.11 Å². The van der Waals surface area contributed by atoms with Crippen LogP contribution in [0.15, 0.2) is 42.6 Å². The summed E-state index contributed by atoms with van der Waals surface area (Å²) < 4.78 is 13.9. The molecule has 0 spiro atoms. The number of amides is 1. The van der Waals surface area contributed by atoms with Gasteiger partial charge in [0.15, 0.2) is 0 Å². The van der Waals surface area contributed by atoms with Gasteiger partial charge in [-0.15, -0.1) is 0 Å². The van der Waals surface area contributed by atoms with Crippen molar-refractivity contribution >= 4 is 22.9 Å². The summed E-state index contributed by atoms with van der Waals surface area (Å²) in [4.78, 5) is 31.1. The van der Waals surface area contributed by atoms with Crippen LogP contribution in [0.2, 0.25) is 0 Å². The number of carbonyl (C=O) groups is 2. The predicted octanol–water partition coefficient (Wildman–Crippen LogP) is 1.96. The standard InChI is InChI=1S/C17H12FN3O4/c18-10-4-2-1-3-9(10)12-7-19-16-11(21-12)5-6-13(22)15(16)17(25)20-8-14(23)24/h1-7,22H,8H2,(H,20,25)(H,23,24). The number of fused-ring (bicyclic) bond motifs is 1. The van der Waals surface area contributed by atoms with Crippen LogP contribution in [0.25, 0.3) is 22.3 Å². The van der Waals surface area contributed by atoms with Crippen LogP contribution >= 0.6 is 0 Å². The summed E-state index contributed by atoms with van der Waals surface area (Å²) in [7, 11) is 0. The lowest BCUT2D eigenvalue weighted by Gasteiger charge is -2.09. The Bertz CT molecular complexity index is 991. The largest absolute Gasteiger partial charge is 0.507 e. The number of hydrogen-bond donors (Lipinski definition) is 3. The van der Waals surface area contributed by atoms with Crippen molar-refractivity contribution in [2.45, 2.75) is 0 Å². The summed E-state index contributed by atoms with van der Waals surface area (Å²) in [6.07, 6.45) is 1.29. The first-order valence-corrected chi connectivity index (χ1v) is 7.21. The number of hydrogen-bond acceptors (Lipinski definition) is 5. The third kappa shape index (κ3) is 3.23. The first-order valence-electron chi connectivity index (χ1n) is 7.21. The molecule has 0 aliphatic heterocycles. The third-order valence-electron chi connectivity index (χ3n) is 3.47. The van der Waals surface area contributed by atoms with Crippen LogP contribution in [0.5, 0.6) is 5.75 Å². The highest BCUT2D eigenvalue weighted by atomic mass is 19.1. The maximum atomic E-state index is 13.9. The molecule has 1 heterocycles. The average molecular weight is 341 g/mol. The fourth-order valence-electron chi connectivity index (χ4n) is 2.34. The van der Waals surface area contributed by atoms with Crippen molar-refractivity contribution < 1.29 is 24.2 Å². The molecule has 1 aromatic heterocycles. The van der Waals surface area contributed by atoms with Crippen molar-refractivity contribution in [3.05, 3.63) is 54.0 Å². The number of nitrogens with zero attached hydrogens (tertiary/aromatic N) is 2. The van der Waals surface area contributed by atoms with Crippen LogP contribution in [-0.2, 0) is 4.79 Å². The molecule has 126 valence electrons. The van der Waals surface area contributed by atoms with Gasteiger partial charge in [-0.25, -0.2) is 9.37 Å². The van der Waals surface area contributed by atoms with E-state index in [1.807, 2.05) is 0 Å². The number of phenols is 1. The number of rotatable bonds is 4.